The minimum atomic E-state index is -0.136. The average molecular weight is 388 g/mol. The summed E-state index contributed by atoms with van der Waals surface area (Å²) in [5, 5.41) is 1.43. The zero-order chi connectivity index (χ0) is 17.3. The van der Waals surface area contributed by atoms with E-state index in [-0.39, 0.29) is 12.0 Å². The number of hydrogen-bond acceptors (Lipinski definition) is 5. The number of nitrogens with zero attached hydrogens (tertiary/aromatic N) is 3. The van der Waals surface area contributed by atoms with Crippen molar-refractivity contribution in [2.75, 3.05) is 30.4 Å². The second-order valence-electron chi connectivity index (χ2n) is 5.65. The van der Waals surface area contributed by atoms with E-state index in [0.717, 1.165) is 30.0 Å². The molecule has 24 heavy (non-hydrogen) atoms. The van der Waals surface area contributed by atoms with Gasteiger partial charge in [0, 0.05) is 29.9 Å². The van der Waals surface area contributed by atoms with E-state index in [4.69, 9.17) is 45.3 Å². The van der Waals surface area contributed by atoms with Crippen LogP contribution in [0.1, 0.15) is 23.7 Å². The summed E-state index contributed by atoms with van der Waals surface area (Å²) in [6, 6.07) is 5.21. The molecule has 1 aliphatic heterocycles. The van der Waals surface area contributed by atoms with Crippen molar-refractivity contribution in [1.82, 2.24) is 9.97 Å². The molecule has 8 heteroatoms. The molecule has 1 unspecified atom stereocenters. The smallest absolute Gasteiger partial charge is 0.222 e. The Morgan fingerprint density at radius 1 is 1.12 bits per heavy atom. The fraction of sp³-hybridized carbons (Fsp3) is 0.375. The van der Waals surface area contributed by atoms with Crippen LogP contribution in [0.5, 0.6) is 0 Å². The lowest BCUT2D eigenvalue weighted by molar-refractivity contribution is 0.134. The Hall–Kier alpha value is -1.27. The summed E-state index contributed by atoms with van der Waals surface area (Å²) in [6.45, 7) is 3.79. The summed E-state index contributed by atoms with van der Waals surface area (Å²) in [5.74, 6) is 0.992. The number of aromatic nitrogens is 2. The second kappa shape index (κ2) is 7.31. The van der Waals surface area contributed by atoms with E-state index in [1.807, 2.05) is 13.0 Å². The van der Waals surface area contributed by atoms with Gasteiger partial charge in [-0.25, -0.2) is 4.98 Å². The topological polar surface area (TPSA) is 64.3 Å². The van der Waals surface area contributed by atoms with E-state index < -0.39 is 0 Å². The molecule has 1 aliphatic rings. The molecule has 3 rings (SSSR count). The fourth-order valence-electron chi connectivity index (χ4n) is 2.82. The molecule has 1 atom stereocenters. The monoisotopic (exact) mass is 386 g/mol. The van der Waals surface area contributed by atoms with Crippen LogP contribution in [0.3, 0.4) is 0 Å². The molecule has 1 aromatic carbocycles. The lowest BCUT2D eigenvalue weighted by Crippen LogP contribution is -2.32. The van der Waals surface area contributed by atoms with E-state index >= 15 is 0 Å². The van der Waals surface area contributed by atoms with Crippen LogP contribution < -0.4 is 10.6 Å². The van der Waals surface area contributed by atoms with Gasteiger partial charge in [0.25, 0.3) is 0 Å². The van der Waals surface area contributed by atoms with Crippen molar-refractivity contribution >= 4 is 46.6 Å². The molecular formula is C16H17Cl3N4O. The van der Waals surface area contributed by atoms with Gasteiger partial charge < -0.3 is 15.4 Å². The first-order valence-electron chi connectivity index (χ1n) is 7.55. The number of hydrogen-bond donors (Lipinski definition) is 1. The minimum Gasteiger partial charge on any atom is -0.379 e. The number of nitrogen functional groups attached to an aromatic ring is 1. The molecule has 0 bridgehead atoms. The summed E-state index contributed by atoms with van der Waals surface area (Å²) in [7, 11) is 0. The lowest BCUT2D eigenvalue weighted by Gasteiger charge is -2.31. The molecule has 0 aliphatic carbocycles. The van der Waals surface area contributed by atoms with Crippen LogP contribution in [0.2, 0.25) is 15.1 Å². The van der Waals surface area contributed by atoms with Gasteiger partial charge in [-0.05, 0) is 31.0 Å². The molecule has 2 aromatic rings. The van der Waals surface area contributed by atoms with Gasteiger partial charge in [-0.1, -0.05) is 34.8 Å². The van der Waals surface area contributed by atoms with E-state index in [1.165, 1.54) is 0 Å². The molecule has 2 heterocycles. The Kier molecular flexibility index (Phi) is 5.35. The van der Waals surface area contributed by atoms with E-state index in [0.29, 0.717) is 28.3 Å². The Balaban J connectivity index is 2.06. The summed E-state index contributed by atoms with van der Waals surface area (Å²) in [5.41, 5.74) is 7.48. The van der Waals surface area contributed by atoms with Crippen LogP contribution in [0.4, 0.5) is 11.8 Å². The second-order valence-corrected chi connectivity index (χ2v) is 6.87. The highest BCUT2D eigenvalue weighted by molar-refractivity contribution is 6.43. The Bertz CT molecular complexity index is 736. The number of benzene rings is 1. The Labute approximate surface area is 155 Å². The van der Waals surface area contributed by atoms with Crippen LogP contribution in [-0.4, -0.2) is 29.7 Å². The third kappa shape index (κ3) is 3.70. The molecule has 1 saturated heterocycles. The highest BCUT2D eigenvalue weighted by Crippen LogP contribution is 2.37. The summed E-state index contributed by atoms with van der Waals surface area (Å²) < 4.78 is 5.75. The number of aryl methyl sites for hydroxylation is 1. The summed E-state index contributed by atoms with van der Waals surface area (Å²) >= 11 is 18.7. The first-order valence-corrected chi connectivity index (χ1v) is 8.69. The van der Waals surface area contributed by atoms with Crippen molar-refractivity contribution in [3.8, 4) is 0 Å². The third-order valence-electron chi connectivity index (χ3n) is 3.89. The standard InChI is InChI=1S/C16H17Cl3N4O/c1-9-5-15(22-16(20)21-9)23-3-2-4-24-8-14(23)10-6-12(18)13(19)7-11(10)17/h5-7,14H,2-4,8H2,1H3,(H2,20,21,22). The van der Waals surface area contributed by atoms with Crippen molar-refractivity contribution in [3.63, 3.8) is 0 Å². The van der Waals surface area contributed by atoms with Crippen LogP contribution in [0.15, 0.2) is 18.2 Å². The highest BCUT2D eigenvalue weighted by Gasteiger charge is 2.27. The number of rotatable bonds is 2. The van der Waals surface area contributed by atoms with Crippen molar-refractivity contribution in [1.29, 1.82) is 0 Å². The number of ether oxygens (including phenoxy) is 1. The van der Waals surface area contributed by atoms with Crippen molar-refractivity contribution in [2.45, 2.75) is 19.4 Å². The van der Waals surface area contributed by atoms with Gasteiger partial charge in [-0.2, -0.15) is 4.98 Å². The largest absolute Gasteiger partial charge is 0.379 e. The molecular weight excluding hydrogens is 371 g/mol. The van der Waals surface area contributed by atoms with E-state index in [1.54, 1.807) is 12.1 Å². The molecule has 1 fully saturated rings. The summed E-state index contributed by atoms with van der Waals surface area (Å²) in [4.78, 5) is 10.6. The molecule has 0 radical (unpaired) electrons. The molecule has 0 amide bonds. The quantitative estimate of drug-likeness (QED) is 0.779. The molecule has 5 nitrogen and oxygen atoms in total. The lowest BCUT2D eigenvalue weighted by atomic mass is 10.1. The molecule has 2 N–H and O–H groups in total. The summed E-state index contributed by atoms with van der Waals surface area (Å²) in [6.07, 6.45) is 0.873. The zero-order valence-electron chi connectivity index (χ0n) is 13.1. The van der Waals surface area contributed by atoms with Gasteiger partial charge in [0.2, 0.25) is 5.95 Å². The van der Waals surface area contributed by atoms with E-state index in [9.17, 15) is 0 Å². The van der Waals surface area contributed by atoms with Gasteiger partial charge >= 0.3 is 0 Å². The Morgan fingerprint density at radius 3 is 2.62 bits per heavy atom. The van der Waals surface area contributed by atoms with Crippen molar-refractivity contribution in [3.05, 3.63) is 44.5 Å². The van der Waals surface area contributed by atoms with Gasteiger partial charge in [-0.3, -0.25) is 0 Å². The maximum Gasteiger partial charge on any atom is 0.222 e. The predicted molar refractivity (Wildman–Crippen MR) is 98.2 cm³/mol. The van der Waals surface area contributed by atoms with Crippen LogP contribution in [0, 0.1) is 6.92 Å². The average Bonchev–Trinajstić information content (AvgIpc) is 2.75. The maximum absolute atomic E-state index is 6.42. The van der Waals surface area contributed by atoms with Gasteiger partial charge in [0.05, 0.1) is 22.7 Å². The minimum absolute atomic E-state index is 0.136. The first-order chi connectivity index (χ1) is 11.5. The SMILES string of the molecule is Cc1cc(N2CCCOCC2c2cc(Cl)c(Cl)cc2Cl)nc(N)n1. The number of halogens is 3. The fourth-order valence-corrected chi connectivity index (χ4v) is 3.51. The third-order valence-corrected chi connectivity index (χ3v) is 4.94. The maximum atomic E-state index is 6.42. The van der Waals surface area contributed by atoms with E-state index in [2.05, 4.69) is 14.9 Å². The van der Waals surface area contributed by atoms with Crippen LogP contribution in [0.25, 0.3) is 0 Å². The molecule has 1 aromatic heterocycles. The molecule has 0 saturated carbocycles. The van der Waals surface area contributed by atoms with Crippen LogP contribution in [-0.2, 0) is 4.74 Å². The normalized spacial score (nSPS) is 18.5. The predicted octanol–water partition coefficient (Wildman–Crippen LogP) is 4.30. The molecule has 128 valence electrons. The van der Waals surface area contributed by atoms with Gasteiger partial charge in [-0.15, -0.1) is 0 Å². The van der Waals surface area contributed by atoms with Gasteiger partial charge in [0.15, 0.2) is 0 Å². The molecule has 0 spiro atoms. The highest BCUT2D eigenvalue weighted by atomic mass is 35.5. The number of nitrogens with two attached hydrogens (primary N) is 1. The van der Waals surface area contributed by atoms with Crippen molar-refractivity contribution < 1.29 is 4.74 Å². The number of anilines is 2. The first kappa shape index (κ1) is 17.5. The zero-order valence-corrected chi connectivity index (χ0v) is 15.4. The van der Waals surface area contributed by atoms with Crippen molar-refractivity contribution in [2.24, 2.45) is 0 Å². The Morgan fingerprint density at radius 2 is 1.88 bits per heavy atom. The van der Waals surface area contributed by atoms with Gasteiger partial charge in [0.1, 0.15) is 5.82 Å². The van der Waals surface area contributed by atoms with Crippen LogP contribution >= 0.6 is 34.8 Å².